The SMILES string of the molecule is CCCn1cc(NCc2ccnn2CC(C)C)cn1. The molecular weight excluding hydrogens is 238 g/mol. The van der Waals surface area contributed by atoms with Gasteiger partial charge in [0.05, 0.1) is 24.1 Å². The molecule has 0 unspecified atom stereocenters. The molecule has 0 fully saturated rings. The van der Waals surface area contributed by atoms with E-state index in [1.165, 1.54) is 5.69 Å². The maximum Gasteiger partial charge on any atom is 0.0729 e. The van der Waals surface area contributed by atoms with Gasteiger partial charge in [-0.25, -0.2) is 0 Å². The van der Waals surface area contributed by atoms with E-state index in [9.17, 15) is 0 Å². The Morgan fingerprint density at radius 3 is 2.89 bits per heavy atom. The van der Waals surface area contributed by atoms with Crippen LogP contribution in [0, 0.1) is 5.92 Å². The van der Waals surface area contributed by atoms with Gasteiger partial charge in [-0.3, -0.25) is 9.36 Å². The van der Waals surface area contributed by atoms with Crippen molar-refractivity contribution in [3.8, 4) is 0 Å². The average Bonchev–Trinajstić information content (AvgIpc) is 2.96. The number of aryl methyl sites for hydroxylation is 1. The molecule has 0 saturated heterocycles. The molecule has 0 spiro atoms. The van der Waals surface area contributed by atoms with Gasteiger partial charge in [0.2, 0.25) is 0 Å². The molecular formula is C14H23N5. The van der Waals surface area contributed by atoms with Crippen LogP contribution in [0.5, 0.6) is 0 Å². The van der Waals surface area contributed by atoms with Crippen molar-refractivity contribution < 1.29 is 0 Å². The van der Waals surface area contributed by atoms with Crippen LogP contribution in [0.25, 0.3) is 0 Å². The lowest BCUT2D eigenvalue weighted by molar-refractivity contribution is 0.470. The third-order valence-corrected chi connectivity index (χ3v) is 2.90. The predicted octanol–water partition coefficient (Wildman–Crippen LogP) is 2.76. The van der Waals surface area contributed by atoms with Gasteiger partial charge in [0, 0.05) is 25.5 Å². The molecule has 2 aromatic rings. The van der Waals surface area contributed by atoms with E-state index < -0.39 is 0 Å². The Morgan fingerprint density at radius 1 is 1.32 bits per heavy atom. The molecule has 0 atom stereocenters. The number of aromatic nitrogens is 4. The van der Waals surface area contributed by atoms with Crippen molar-refractivity contribution >= 4 is 5.69 Å². The van der Waals surface area contributed by atoms with Crippen molar-refractivity contribution in [3.63, 3.8) is 0 Å². The summed E-state index contributed by atoms with van der Waals surface area (Å²) in [6.07, 6.45) is 6.88. The highest BCUT2D eigenvalue weighted by molar-refractivity contribution is 5.38. The summed E-state index contributed by atoms with van der Waals surface area (Å²) < 4.78 is 4.03. The maximum absolute atomic E-state index is 4.36. The highest BCUT2D eigenvalue weighted by Gasteiger charge is 2.05. The smallest absolute Gasteiger partial charge is 0.0729 e. The van der Waals surface area contributed by atoms with Crippen LogP contribution >= 0.6 is 0 Å². The highest BCUT2D eigenvalue weighted by atomic mass is 15.3. The molecule has 2 aromatic heterocycles. The summed E-state index contributed by atoms with van der Waals surface area (Å²) in [5.41, 5.74) is 2.27. The van der Waals surface area contributed by atoms with Gasteiger partial charge in [0.25, 0.3) is 0 Å². The molecule has 0 saturated carbocycles. The Kier molecular flexibility index (Phi) is 4.60. The first-order chi connectivity index (χ1) is 9.19. The molecule has 0 aromatic carbocycles. The predicted molar refractivity (Wildman–Crippen MR) is 76.9 cm³/mol. The van der Waals surface area contributed by atoms with E-state index >= 15 is 0 Å². The fraction of sp³-hybridized carbons (Fsp3) is 0.571. The number of anilines is 1. The van der Waals surface area contributed by atoms with Gasteiger partial charge in [-0.2, -0.15) is 10.2 Å². The third kappa shape index (κ3) is 3.84. The fourth-order valence-electron chi connectivity index (χ4n) is 2.02. The van der Waals surface area contributed by atoms with E-state index in [-0.39, 0.29) is 0 Å². The Balaban J connectivity index is 1.92. The molecule has 0 bridgehead atoms. The quantitative estimate of drug-likeness (QED) is 0.833. The lowest BCUT2D eigenvalue weighted by Gasteiger charge is -2.10. The lowest BCUT2D eigenvalue weighted by atomic mass is 10.2. The van der Waals surface area contributed by atoms with Gasteiger partial charge in [0.15, 0.2) is 0 Å². The molecule has 2 heterocycles. The maximum atomic E-state index is 4.36. The molecule has 1 N–H and O–H groups in total. The fourth-order valence-corrected chi connectivity index (χ4v) is 2.02. The molecule has 5 heteroatoms. The average molecular weight is 261 g/mol. The van der Waals surface area contributed by atoms with Crippen LogP contribution in [-0.4, -0.2) is 19.6 Å². The summed E-state index contributed by atoms with van der Waals surface area (Å²) >= 11 is 0. The van der Waals surface area contributed by atoms with Crippen molar-refractivity contribution in [2.75, 3.05) is 5.32 Å². The summed E-state index contributed by atoms with van der Waals surface area (Å²) in [4.78, 5) is 0. The zero-order valence-electron chi connectivity index (χ0n) is 12.0. The van der Waals surface area contributed by atoms with Gasteiger partial charge in [-0.1, -0.05) is 20.8 Å². The largest absolute Gasteiger partial charge is 0.377 e. The molecule has 0 radical (unpaired) electrons. The van der Waals surface area contributed by atoms with Crippen molar-refractivity contribution in [3.05, 3.63) is 30.4 Å². The van der Waals surface area contributed by atoms with Gasteiger partial charge in [0.1, 0.15) is 0 Å². The summed E-state index contributed by atoms with van der Waals surface area (Å²) in [6, 6.07) is 2.06. The first kappa shape index (κ1) is 13.6. The molecule has 19 heavy (non-hydrogen) atoms. The van der Waals surface area contributed by atoms with Crippen molar-refractivity contribution in [2.45, 2.75) is 46.8 Å². The van der Waals surface area contributed by atoms with E-state index in [4.69, 9.17) is 0 Å². The Hall–Kier alpha value is -1.78. The van der Waals surface area contributed by atoms with E-state index in [0.717, 1.165) is 31.7 Å². The van der Waals surface area contributed by atoms with Crippen LogP contribution in [0.2, 0.25) is 0 Å². The van der Waals surface area contributed by atoms with Crippen LogP contribution in [-0.2, 0) is 19.6 Å². The van der Waals surface area contributed by atoms with Crippen molar-refractivity contribution in [1.82, 2.24) is 19.6 Å². The van der Waals surface area contributed by atoms with Crippen LogP contribution in [0.15, 0.2) is 24.7 Å². The van der Waals surface area contributed by atoms with Crippen LogP contribution in [0.4, 0.5) is 5.69 Å². The van der Waals surface area contributed by atoms with Crippen LogP contribution in [0.1, 0.15) is 32.9 Å². The normalized spacial score (nSPS) is 11.2. The van der Waals surface area contributed by atoms with Gasteiger partial charge in [-0.15, -0.1) is 0 Å². The highest BCUT2D eigenvalue weighted by Crippen LogP contribution is 2.09. The molecule has 2 rings (SSSR count). The number of hydrogen-bond donors (Lipinski definition) is 1. The number of nitrogens with zero attached hydrogens (tertiary/aromatic N) is 4. The zero-order valence-corrected chi connectivity index (χ0v) is 12.0. The monoisotopic (exact) mass is 261 g/mol. The molecule has 0 amide bonds. The first-order valence-corrected chi connectivity index (χ1v) is 6.96. The minimum atomic E-state index is 0.603. The standard InChI is InChI=1S/C14H23N5/c1-4-7-18-11-13(8-17-18)15-9-14-5-6-16-19(14)10-12(2)3/h5-6,8,11-12,15H,4,7,9-10H2,1-3H3. The second-order valence-corrected chi connectivity index (χ2v) is 5.24. The summed E-state index contributed by atoms with van der Waals surface area (Å²) in [5.74, 6) is 0.603. The van der Waals surface area contributed by atoms with E-state index in [0.29, 0.717) is 5.92 Å². The van der Waals surface area contributed by atoms with Crippen molar-refractivity contribution in [1.29, 1.82) is 0 Å². The second-order valence-electron chi connectivity index (χ2n) is 5.24. The van der Waals surface area contributed by atoms with E-state index in [1.807, 2.05) is 23.3 Å². The van der Waals surface area contributed by atoms with Gasteiger partial charge < -0.3 is 5.32 Å². The Bertz CT molecular complexity index is 497. The lowest BCUT2D eigenvalue weighted by Crippen LogP contribution is -2.12. The number of hydrogen-bond acceptors (Lipinski definition) is 3. The summed E-state index contributed by atoms with van der Waals surface area (Å²) in [6.45, 7) is 9.26. The Labute approximate surface area is 114 Å². The topological polar surface area (TPSA) is 47.7 Å². The number of rotatable bonds is 7. The minimum Gasteiger partial charge on any atom is -0.377 e. The first-order valence-electron chi connectivity index (χ1n) is 6.96. The van der Waals surface area contributed by atoms with Crippen molar-refractivity contribution in [2.24, 2.45) is 5.92 Å². The molecule has 0 aliphatic heterocycles. The summed E-state index contributed by atoms with van der Waals surface area (Å²) in [5, 5.41) is 12.1. The third-order valence-electron chi connectivity index (χ3n) is 2.90. The molecule has 5 nitrogen and oxygen atoms in total. The molecule has 104 valence electrons. The van der Waals surface area contributed by atoms with Gasteiger partial charge >= 0.3 is 0 Å². The van der Waals surface area contributed by atoms with Crippen LogP contribution < -0.4 is 5.32 Å². The second kappa shape index (κ2) is 6.41. The molecule has 0 aliphatic carbocycles. The zero-order chi connectivity index (χ0) is 13.7. The van der Waals surface area contributed by atoms with Crippen LogP contribution in [0.3, 0.4) is 0 Å². The van der Waals surface area contributed by atoms with Gasteiger partial charge in [-0.05, 0) is 18.4 Å². The summed E-state index contributed by atoms with van der Waals surface area (Å²) in [7, 11) is 0. The Morgan fingerprint density at radius 2 is 2.16 bits per heavy atom. The number of nitrogens with one attached hydrogen (secondary N) is 1. The minimum absolute atomic E-state index is 0.603. The molecule has 0 aliphatic rings. The van der Waals surface area contributed by atoms with E-state index in [1.54, 1.807) is 0 Å². The van der Waals surface area contributed by atoms with E-state index in [2.05, 4.69) is 47.0 Å².